The van der Waals surface area contributed by atoms with Crippen molar-refractivity contribution in [1.29, 1.82) is 0 Å². The van der Waals surface area contributed by atoms with Gasteiger partial charge in [0.2, 0.25) is 0 Å². The van der Waals surface area contributed by atoms with Gasteiger partial charge in [-0.25, -0.2) is 0 Å². The fraction of sp³-hybridized carbons (Fsp3) is 0.167. The lowest BCUT2D eigenvalue weighted by Crippen LogP contribution is -2.41. The first-order chi connectivity index (χ1) is 13.9. The summed E-state index contributed by atoms with van der Waals surface area (Å²) in [7, 11) is 0. The molecule has 0 saturated carbocycles. The molecule has 0 fully saturated rings. The summed E-state index contributed by atoms with van der Waals surface area (Å²) in [5.41, 5.74) is 1.81. The number of carbonyl (C=O) groups excluding carboxylic acids is 2. The van der Waals surface area contributed by atoms with E-state index in [1.807, 2.05) is 43.3 Å². The summed E-state index contributed by atoms with van der Waals surface area (Å²) in [6.45, 7) is 2.34. The van der Waals surface area contributed by atoms with E-state index in [0.29, 0.717) is 23.4 Å². The van der Waals surface area contributed by atoms with E-state index in [1.54, 1.807) is 41.3 Å². The molecule has 3 aromatic carbocycles. The molecule has 1 aliphatic heterocycles. The Morgan fingerprint density at radius 1 is 1.00 bits per heavy atom. The van der Waals surface area contributed by atoms with Gasteiger partial charge in [0, 0.05) is 15.6 Å². The molecule has 3 aromatic rings. The van der Waals surface area contributed by atoms with Crippen molar-refractivity contribution in [3.8, 4) is 0 Å². The second-order valence-corrected chi connectivity index (χ2v) is 8.28. The molecule has 1 heterocycles. The number of hydrogen-bond donors (Lipinski definition) is 1. The molecule has 1 aliphatic rings. The van der Waals surface area contributed by atoms with Crippen LogP contribution >= 0.6 is 15.9 Å². The maximum absolute atomic E-state index is 13.3. The first-order valence-corrected chi connectivity index (χ1v) is 10.2. The van der Waals surface area contributed by atoms with Gasteiger partial charge in [0.1, 0.15) is 0 Å². The summed E-state index contributed by atoms with van der Waals surface area (Å²) in [6.07, 6.45) is -0.297. The molecule has 5 heteroatoms. The fourth-order valence-corrected chi connectivity index (χ4v) is 3.95. The lowest BCUT2D eigenvalue weighted by Gasteiger charge is -2.23. The van der Waals surface area contributed by atoms with E-state index in [-0.39, 0.29) is 12.2 Å². The SMILES string of the molecule is Cc1ccc(CN2C(=O)[C@](O)(CC(=O)c3ccc(Br)cc3)c3ccccc32)cc1. The summed E-state index contributed by atoms with van der Waals surface area (Å²) in [5, 5.41) is 11.4. The highest BCUT2D eigenvalue weighted by Gasteiger charge is 2.50. The van der Waals surface area contributed by atoms with Crippen molar-refractivity contribution >= 4 is 33.3 Å². The third-order valence-electron chi connectivity index (χ3n) is 5.28. The van der Waals surface area contributed by atoms with Crippen molar-refractivity contribution < 1.29 is 14.7 Å². The van der Waals surface area contributed by atoms with Crippen LogP contribution < -0.4 is 4.90 Å². The molecule has 0 unspecified atom stereocenters. The number of para-hydroxylation sites is 1. The van der Waals surface area contributed by atoms with Gasteiger partial charge in [0.15, 0.2) is 11.4 Å². The van der Waals surface area contributed by atoms with Gasteiger partial charge in [-0.1, -0.05) is 76.1 Å². The Bertz CT molecular complexity index is 1080. The Kier molecular flexibility index (Phi) is 5.11. The fourth-order valence-electron chi connectivity index (χ4n) is 3.68. The summed E-state index contributed by atoms with van der Waals surface area (Å²) < 4.78 is 0.860. The van der Waals surface area contributed by atoms with E-state index in [2.05, 4.69) is 15.9 Å². The van der Waals surface area contributed by atoms with Crippen molar-refractivity contribution in [3.05, 3.63) is 99.5 Å². The van der Waals surface area contributed by atoms with E-state index in [1.165, 1.54) is 0 Å². The molecule has 0 aliphatic carbocycles. The third-order valence-corrected chi connectivity index (χ3v) is 5.81. The van der Waals surface area contributed by atoms with E-state index in [9.17, 15) is 14.7 Å². The Morgan fingerprint density at radius 2 is 1.66 bits per heavy atom. The minimum atomic E-state index is -1.87. The van der Waals surface area contributed by atoms with Crippen LogP contribution in [0.3, 0.4) is 0 Å². The Balaban J connectivity index is 1.66. The maximum Gasteiger partial charge on any atom is 0.264 e. The molecule has 1 N–H and O–H groups in total. The Morgan fingerprint density at radius 3 is 2.34 bits per heavy atom. The monoisotopic (exact) mass is 449 g/mol. The van der Waals surface area contributed by atoms with Crippen LogP contribution in [0.25, 0.3) is 0 Å². The summed E-state index contributed by atoms with van der Waals surface area (Å²) >= 11 is 3.35. The van der Waals surface area contributed by atoms with E-state index in [0.717, 1.165) is 15.6 Å². The molecule has 0 aromatic heterocycles. The van der Waals surface area contributed by atoms with Crippen LogP contribution in [0.15, 0.2) is 77.3 Å². The van der Waals surface area contributed by atoms with E-state index in [4.69, 9.17) is 0 Å². The highest BCUT2D eigenvalue weighted by Crippen LogP contribution is 2.43. The van der Waals surface area contributed by atoms with Crippen LogP contribution in [0.5, 0.6) is 0 Å². The first kappa shape index (κ1) is 19.6. The molecule has 146 valence electrons. The molecular formula is C24H20BrNO3. The number of aliphatic hydroxyl groups is 1. The number of amides is 1. The number of fused-ring (bicyclic) bond motifs is 1. The summed E-state index contributed by atoms with van der Waals surface area (Å²) in [6, 6.07) is 22.0. The third kappa shape index (κ3) is 3.63. The van der Waals surface area contributed by atoms with Gasteiger partial charge in [-0.05, 0) is 30.7 Å². The average Bonchev–Trinajstić information content (AvgIpc) is 2.92. The average molecular weight is 450 g/mol. The van der Waals surface area contributed by atoms with Gasteiger partial charge in [0.05, 0.1) is 18.7 Å². The molecule has 1 atom stereocenters. The highest BCUT2D eigenvalue weighted by atomic mass is 79.9. The molecule has 0 bridgehead atoms. The summed E-state index contributed by atoms with van der Waals surface area (Å²) in [5.74, 6) is -0.745. The normalized spacial score (nSPS) is 18.0. The second-order valence-electron chi connectivity index (χ2n) is 7.36. The van der Waals surface area contributed by atoms with Crippen molar-refractivity contribution in [3.63, 3.8) is 0 Å². The quantitative estimate of drug-likeness (QED) is 0.570. The lowest BCUT2D eigenvalue weighted by atomic mass is 9.88. The number of ketones is 1. The van der Waals surface area contributed by atoms with Crippen LogP contribution in [0, 0.1) is 6.92 Å². The zero-order valence-corrected chi connectivity index (χ0v) is 17.5. The lowest BCUT2D eigenvalue weighted by molar-refractivity contribution is -0.136. The number of carbonyl (C=O) groups is 2. The van der Waals surface area contributed by atoms with E-state index < -0.39 is 11.5 Å². The predicted octanol–water partition coefficient (Wildman–Crippen LogP) is 4.76. The number of rotatable bonds is 5. The van der Waals surface area contributed by atoms with Crippen molar-refractivity contribution in [2.45, 2.75) is 25.5 Å². The van der Waals surface area contributed by atoms with E-state index >= 15 is 0 Å². The van der Waals surface area contributed by atoms with Gasteiger partial charge in [-0.15, -0.1) is 0 Å². The second kappa shape index (κ2) is 7.58. The first-order valence-electron chi connectivity index (χ1n) is 9.37. The standard InChI is InChI=1S/C24H20BrNO3/c1-16-6-8-17(9-7-16)15-26-21-5-3-2-4-20(21)24(29,23(26)28)14-22(27)18-10-12-19(25)13-11-18/h2-13,29H,14-15H2,1H3/t24-/m0/s1. The van der Waals surface area contributed by atoms with Crippen molar-refractivity contribution in [2.75, 3.05) is 4.90 Å². The van der Waals surface area contributed by atoms with Crippen LogP contribution in [0.4, 0.5) is 5.69 Å². The molecule has 29 heavy (non-hydrogen) atoms. The van der Waals surface area contributed by atoms with Crippen molar-refractivity contribution in [2.24, 2.45) is 0 Å². The zero-order valence-electron chi connectivity index (χ0n) is 15.9. The van der Waals surface area contributed by atoms with Crippen LogP contribution in [-0.4, -0.2) is 16.8 Å². The number of halogens is 1. The topological polar surface area (TPSA) is 57.6 Å². The van der Waals surface area contributed by atoms with Gasteiger partial charge >= 0.3 is 0 Å². The van der Waals surface area contributed by atoms with Crippen LogP contribution in [-0.2, 0) is 16.9 Å². The van der Waals surface area contributed by atoms with Gasteiger partial charge in [-0.2, -0.15) is 0 Å². The minimum absolute atomic E-state index is 0.277. The van der Waals surface area contributed by atoms with Crippen LogP contribution in [0.2, 0.25) is 0 Å². The molecule has 1 amide bonds. The van der Waals surface area contributed by atoms with Gasteiger partial charge in [-0.3, -0.25) is 9.59 Å². The number of Topliss-reactive ketones (excluding diaryl/α,β-unsaturated/α-hetero) is 1. The molecule has 0 spiro atoms. The highest BCUT2D eigenvalue weighted by molar-refractivity contribution is 9.10. The molecule has 4 nitrogen and oxygen atoms in total. The Labute approximate surface area is 177 Å². The largest absolute Gasteiger partial charge is 0.375 e. The molecule has 0 radical (unpaired) electrons. The molecular weight excluding hydrogens is 430 g/mol. The Hall–Kier alpha value is -2.76. The maximum atomic E-state index is 13.3. The zero-order chi connectivity index (χ0) is 20.6. The van der Waals surface area contributed by atoms with Crippen molar-refractivity contribution in [1.82, 2.24) is 0 Å². The number of nitrogens with zero attached hydrogens (tertiary/aromatic N) is 1. The number of benzene rings is 3. The van der Waals surface area contributed by atoms with Crippen LogP contribution in [0.1, 0.15) is 33.5 Å². The molecule has 4 rings (SSSR count). The number of hydrogen-bond acceptors (Lipinski definition) is 3. The number of aryl methyl sites for hydroxylation is 1. The summed E-state index contributed by atoms with van der Waals surface area (Å²) in [4.78, 5) is 27.7. The predicted molar refractivity (Wildman–Crippen MR) is 116 cm³/mol. The smallest absolute Gasteiger partial charge is 0.264 e. The van der Waals surface area contributed by atoms with Gasteiger partial charge < -0.3 is 10.0 Å². The van der Waals surface area contributed by atoms with Gasteiger partial charge in [0.25, 0.3) is 5.91 Å². The molecule has 0 saturated heterocycles. The number of anilines is 1. The minimum Gasteiger partial charge on any atom is -0.375 e.